The van der Waals surface area contributed by atoms with E-state index in [1.165, 1.54) is 7.11 Å². The van der Waals surface area contributed by atoms with Gasteiger partial charge in [-0.2, -0.15) is 0 Å². The van der Waals surface area contributed by atoms with Gasteiger partial charge in [0.25, 0.3) is 0 Å². The average Bonchev–Trinajstić information content (AvgIpc) is 3.53. The van der Waals surface area contributed by atoms with Crippen LogP contribution in [0.15, 0.2) is 91.0 Å². The summed E-state index contributed by atoms with van der Waals surface area (Å²) in [6.07, 6.45) is 0.633. The van der Waals surface area contributed by atoms with Crippen molar-refractivity contribution in [2.75, 3.05) is 25.6 Å². The summed E-state index contributed by atoms with van der Waals surface area (Å²) in [7, 11) is 1.28. The summed E-state index contributed by atoms with van der Waals surface area (Å²) < 4.78 is 11.1. The van der Waals surface area contributed by atoms with Gasteiger partial charge in [-0.3, -0.25) is 4.79 Å². The Morgan fingerprint density at radius 2 is 1.66 bits per heavy atom. The molecule has 0 spiro atoms. The number of aromatic amines is 1. The number of ether oxygens (including phenoxy) is 2. The highest BCUT2D eigenvalue weighted by Crippen LogP contribution is 2.30. The number of hydrogen-bond acceptors (Lipinski definition) is 7. The molecule has 0 radical (unpaired) electrons. The van der Waals surface area contributed by atoms with Crippen LogP contribution in [0.3, 0.4) is 0 Å². The van der Waals surface area contributed by atoms with E-state index in [0.29, 0.717) is 52.4 Å². The Kier molecular flexibility index (Phi) is 10.3. The molecule has 0 saturated carbocycles. The molecule has 242 valence electrons. The summed E-state index contributed by atoms with van der Waals surface area (Å²) in [6.45, 7) is 1.02. The minimum Gasteiger partial charge on any atom is -0.453 e. The summed E-state index contributed by atoms with van der Waals surface area (Å²) in [5.74, 6) is -0.142. The number of fused-ring (bicyclic) bond motifs is 1. The third-order valence-electron chi connectivity index (χ3n) is 8.22. The van der Waals surface area contributed by atoms with E-state index >= 15 is 0 Å². The molecular formula is C35H34Cl2N6O4. The second kappa shape index (κ2) is 15.0. The number of morpholine rings is 1. The Labute approximate surface area is 282 Å². The normalized spacial score (nSPS) is 16.9. The predicted octanol–water partition coefficient (Wildman–Crippen LogP) is 6.42. The summed E-state index contributed by atoms with van der Waals surface area (Å²) >= 11 is 12.3. The zero-order valence-electron chi connectivity index (χ0n) is 25.6. The standard InChI is InChI=1S/C35H34Cl2N6O4/c1-46-35(45)42-31(29(22-11-4-2-5-12-22)23-13-6-3-7-14-23)34(44)39-26-15-9-8-10-21(26)16-17-24-19-38-27(20-47-24)32-41-30-25(36)18-28(37)40-33(30)43-32/h2-15,18,24,27,29,31,38H,16-17,19-20H2,1H3,(H,39,44)(H,42,45)(H,40,41,43)/t24-,27+,31?/m1/s1. The van der Waals surface area contributed by atoms with E-state index in [-0.39, 0.29) is 18.1 Å². The van der Waals surface area contributed by atoms with Crippen molar-refractivity contribution in [1.29, 1.82) is 0 Å². The van der Waals surface area contributed by atoms with Gasteiger partial charge in [-0.05, 0) is 41.7 Å². The number of amides is 2. The van der Waals surface area contributed by atoms with Crippen molar-refractivity contribution >= 4 is 52.1 Å². The first-order valence-corrected chi connectivity index (χ1v) is 16.0. The number of methoxy groups -OCH3 is 1. The van der Waals surface area contributed by atoms with E-state index in [2.05, 4.69) is 30.9 Å². The van der Waals surface area contributed by atoms with Gasteiger partial charge in [-0.1, -0.05) is 102 Å². The van der Waals surface area contributed by atoms with Crippen LogP contribution in [0.1, 0.15) is 40.9 Å². The smallest absolute Gasteiger partial charge is 0.407 e. The highest BCUT2D eigenvalue weighted by molar-refractivity contribution is 6.37. The molecule has 47 heavy (non-hydrogen) atoms. The number of aryl methyl sites for hydroxylation is 1. The number of para-hydroxylation sites is 1. The van der Waals surface area contributed by atoms with Gasteiger partial charge in [-0.25, -0.2) is 14.8 Å². The first-order chi connectivity index (χ1) is 22.9. The average molecular weight is 674 g/mol. The number of anilines is 1. The van der Waals surface area contributed by atoms with Gasteiger partial charge in [0.2, 0.25) is 5.91 Å². The number of rotatable bonds is 10. The monoisotopic (exact) mass is 672 g/mol. The molecule has 1 saturated heterocycles. The molecule has 1 aliphatic rings. The van der Waals surface area contributed by atoms with Crippen LogP contribution in [0.5, 0.6) is 0 Å². The number of alkyl carbamates (subject to hydrolysis) is 1. The van der Waals surface area contributed by atoms with Crippen molar-refractivity contribution in [1.82, 2.24) is 25.6 Å². The molecule has 3 aromatic carbocycles. The summed E-state index contributed by atoms with van der Waals surface area (Å²) in [5.41, 5.74) is 4.49. The van der Waals surface area contributed by atoms with Gasteiger partial charge >= 0.3 is 6.09 Å². The number of carbonyl (C=O) groups excluding carboxylic acids is 2. The van der Waals surface area contributed by atoms with Crippen LogP contribution >= 0.6 is 23.2 Å². The third kappa shape index (κ3) is 7.74. The van der Waals surface area contributed by atoms with Gasteiger partial charge in [0.05, 0.1) is 30.9 Å². The Hall–Kier alpha value is -4.48. The molecule has 0 bridgehead atoms. The molecule has 2 amide bonds. The minimum atomic E-state index is -0.956. The van der Waals surface area contributed by atoms with Crippen LogP contribution in [-0.2, 0) is 20.7 Å². The summed E-state index contributed by atoms with van der Waals surface area (Å²) in [5, 5.41) is 10.1. The topological polar surface area (TPSA) is 130 Å². The van der Waals surface area contributed by atoms with Gasteiger partial charge in [0, 0.05) is 18.2 Å². The lowest BCUT2D eigenvalue weighted by atomic mass is 9.84. The lowest BCUT2D eigenvalue weighted by molar-refractivity contribution is -0.118. The number of carbonyl (C=O) groups is 2. The molecule has 6 rings (SSSR count). The molecule has 2 aromatic heterocycles. The van der Waals surface area contributed by atoms with Crippen LogP contribution in [0.25, 0.3) is 11.2 Å². The van der Waals surface area contributed by atoms with E-state index in [1.54, 1.807) is 6.07 Å². The predicted molar refractivity (Wildman–Crippen MR) is 182 cm³/mol. The van der Waals surface area contributed by atoms with E-state index < -0.39 is 18.1 Å². The highest BCUT2D eigenvalue weighted by Gasteiger charge is 2.33. The number of imidazole rings is 1. The molecular weight excluding hydrogens is 639 g/mol. The maximum atomic E-state index is 14.0. The number of aromatic nitrogens is 3. The largest absolute Gasteiger partial charge is 0.453 e. The van der Waals surface area contributed by atoms with Crippen molar-refractivity contribution in [3.05, 3.63) is 124 Å². The Morgan fingerprint density at radius 3 is 2.32 bits per heavy atom. The summed E-state index contributed by atoms with van der Waals surface area (Å²) in [4.78, 5) is 38.6. The van der Waals surface area contributed by atoms with E-state index in [1.807, 2.05) is 84.9 Å². The molecule has 1 aliphatic heterocycles. The molecule has 3 heterocycles. The fourth-order valence-electron chi connectivity index (χ4n) is 5.86. The fourth-order valence-corrected chi connectivity index (χ4v) is 6.35. The van der Waals surface area contributed by atoms with Crippen molar-refractivity contribution in [2.24, 2.45) is 0 Å². The lowest BCUT2D eigenvalue weighted by Gasteiger charge is -2.30. The molecule has 0 aliphatic carbocycles. The number of hydrogen-bond donors (Lipinski definition) is 4. The SMILES string of the molecule is COC(=O)NC(C(=O)Nc1ccccc1CC[C@@H]1CN[C@H](c2nc3c(Cl)cc(Cl)nc3[nH]2)CO1)C(c1ccccc1)c1ccccc1. The second-order valence-corrected chi connectivity index (χ2v) is 12.1. The van der Waals surface area contributed by atoms with Crippen LogP contribution in [-0.4, -0.2) is 59.4 Å². The maximum Gasteiger partial charge on any atom is 0.407 e. The van der Waals surface area contributed by atoms with Gasteiger partial charge < -0.3 is 30.4 Å². The first-order valence-electron chi connectivity index (χ1n) is 15.3. The van der Waals surface area contributed by atoms with Gasteiger partial charge in [-0.15, -0.1) is 0 Å². The molecule has 1 fully saturated rings. The molecule has 1 unspecified atom stereocenters. The number of H-pyrrole nitrogens is 1. The zero-order valence-corrected chi connectivity index (χ0v) is 27.1. The highest BCUT2D eigenvalue weighted by atomic mass is 35.5. The molecule has 3 atom stereocenters. The second-order valence-electron chi connectivity index (χ2n) is 11.3. The Bertz CT molecular complexity index is 1790. The Morgan fingerprint density at radius 1 is 0.979 bits per heavy atom. The molecule has 12 heteroatoms. The molecule has 10 nitrogen and oxygen atoms in total. The van der Waals surface area contributed by atoms with Gasteiger partial charge in [0.1, 0.15) is 22.5 Å². The van der Waals surface area contributed by atoms with E-state index in [9.17, 15) is 9.59 Å². The fraction of sp³-hybridized carbons (Fsp3) is 0.257. The Balaban J connectivity index is 1.14. The van der Waals surface area contributed by atoms with Crippen molar-refractivity contribution < 1.29 is 19.1 Å². The van der Waals surface area contributed by atoms with Crippen LogP contribution in [0.2, 0.25) is 10.2 Å². The summed E-state index contributed by atoms with van der Waals surface area (Å²) in [6, 6.07) is 27.4. The van der Waals surface area contributed by atoms with Crippen LogP contribution in [0.4, 0.5) is 10.5 Å². The number of halogens is 2. The van der Waals surface area contributed by atoms with Crippen molar-refractivity contribution in [2.45, 2.75) is 36.9 Å². The van der Waals surface area contributed by atoms with Crippen molar-refractivity contribution in [3.63, 3.8) is 0 Å². The van der Waals surface area contributed by atoms with E-state index in [0.717, 1.165) is 23.1 Å². The molecule has 5 aromatic rings. The third-order valence-corrected chi connectivity index (χ3v) is 8.70. The number of nitrogens with one attached hydrogen (secondary N) is 4. The number of nitrogens with zero attached hydrogens (tertiary/aromatic N) is 2. The molecule has 4 N–H and O–H groups in total. The number of benzene rings is 3. The van der Waals surface area contributed by atoms with Crippen molar-refractivity contribution in [3.8, 4) is 0 Å². The zero-order chi connectivity index (χ0) is 32.8. The van der Waals surface area contributed by atoms with Crippen LogP contribution in [0, 0.1) is 0 Å². The van der Waals surface area contributed by atoms with Gasteiger partial charge in [0.15, 0.2) is 5.65 Å². The first kappa shape index (κ1) is 32.5. The number of pyridine rings is 1. The maximum absolute atomic E-state index is 14.0. The quantitative estimate of drug-likeness (QED) is 0.126. The minimum absolute atomic E-state index is 0.0511. The lowest BCUT2D eigenvalue weighted by Crippen LogP contribution is -2.48. The van der Waals surface area contributed by atoms with E-state index in [4.69, 9.17) is 32.7 Å². The van der Waals surface area contributed by atoms with Crippen LogP contribution < -0.4 is 16.0 Å².